The molecule has 1 heterocycles. The molecule has 0 radical (unpaired) electrons. The third-order valence-electron chi connectivity index (χ3n) is 2.64. The molecule has 1 aromatic rings. The van der Waals surface area contributed by atoms with Crippen molar-refractivity contribution in [2.45, 2.75) is 39.2 Å². The number of carbonyl (C=O) groups excluding carboxylic acids is 1. The SMILES string of the molecule is CCCC(C)(C)NC(=O)c1nc(NC)ccc1Cl. The summed E-state index contributed by atoms with van der Waals surface area (Å²) in [7, 11) is 1.75. The van der Waals surface area contributed by atoms with Crippen LogP contribution in [0.1, 0.15) is 44.1 Å². The highest BCUT2D eigenvalue weighted by Crippen LogP contribution is 2.18. The molecule has 18 heavy (non-hydrogen) atoms. The number of amides is 1. The van der Waals surface area contributed by atoms with Crippen LogP contribution >= 0.6 is 11.6 Å². The van der Waals surface area contributed by atoms with Gasteiger partial charge in [0, 0.05) is 12.6 Å². The average Bonchev–Trinajstić information content (AvgIpc) is 2.28. The lowest BCUT2D eigenvalue weighted by molar-refractivity contribution is 0.0904. The maximum Gasteiger partial charge on any atom is 0.271 e. The predicted octanol–water partition coefficient (Wildman–Crippen LogP) is 3.09. The first kappa shape index (κ1) is 14.8. The molecule has 0 atom stereocenters. The van der Waals surface area contributed by atoms with Crippen molar-refractivity contribution in [1.29, 1.82) is 0 Å². The first-order chi connectivity index (χ1) is 8.39. The molecule has 2 N–H and O–H groups in total. The number of hydrogen-bond acceptors (Lipinski definition) is 3. The third kappa shape index (κ3) is 3.88. The molecule has 0 bridgehead atoms. The zero-order valence-corrected chi connectivity index (χ0v) is 12.1. The van der Waals surface area contributed by atoms with Crippen molar-refractivity contribution in [3.63, 3.8) is 0 Å². The first-order valence-corrected chi connectivity index (χ1v) is 6.44. The van der Waals surface area contributed by atoms with Crippen molar-refractivity contribution < 1.29 is 4.79 Å². The van der Waals surface area contributed by atoms with Crippen molar-refractivity contribution in [3.8, 4) is 0 Å². The standard InChI is InChI=1S/C13H20ClN3O/c1-5-8-13(2,3)17-12(18)11-9(14)6-7-10(15-4)16-11/h6-7H,5,8H2,1-4H3,(H,15,16)(H,17,18). The molecule has 0 aliphatic rings. The highest BCUT2D eigenvalue weighted by Gasteiger charge is 2.22. The Labute approximate surface area is 113 Å². The van der Waals surface area contributed by atoms with E-state index in [2.05, 4.69) is 22.5 Å². The van der Waals surface area contributed by atoms with Gasteiger partial charge in [0.15, 0.2) is 0 Å². The van der Waals surface area contributed by atoms with Crippen molar-refractivity contribution in [1.82, 2.24) is 10.3 Å². The molecule has 0 unspecified atom stereocenters. The highest BCUT2D eigenvalue weighted by molar-refractivity contribution is 6.33. The van der Waals surface area contributed by atoms with E-state index in [9.17, 15) is 4.79 Å². The fourth-order valence-corrected chi connectivity index (χ4v) is 1.99. The number of pyridine rings is 1. The summed E-state index contributed by atoms with van der Waals surface area (Å²) in [5.41, 5.74) is -0.000325. The fraction of sp³-hybridized carbons (Fsp3) is 0.538. The van der Waals surface area contributed by atoms with Gasteiger partial charge in [0.2, 0.25) is 0 Å². The number of nitrogens with one attached hydrogen (secondary N) is 2. The Balaban J connectivity index is 2.90. The summed E-state index contributed by atoms with van der Waals surface area (Å²) in [5, 5.41) is 6.20. The Kier molecular flexibility index (Phi) is 4.96. The van der Waals surface area contributed by atoms with E-state index in [-0.39, 0.29) is 17.1 Å². The van der Waals surface area contributed by atoms with Gasteiger partial charge in [-0.25, -0.2) is 4.98 Å². The van der Waals surface area contributed by atoms with Crippen LogP contribution in [0.4, 0.5) is 5.82 Å². The van der Waals surface area contributed by atoms with Crippen LogP contribution in [0.25, 0.3) is 0 Å². The highest BCUT2D eigenvalue weighted by atomic mass is 35.5. The molecule has 1 rings (SSSR count). The summed E-state index contributed by atoms with van der Waals surface area (Å²) in [6, 6.07) is 3.40. The average molecular weight is 270 g/mol. The topological polar surface area (TPSA) is 54.0 Å². The number of halogens is 1. The number of rotatable bonds is 5. The molecule has 0 aliphatic heterocycles. The Hall–Kier alpha value is -1.29. The molecule has 0 spiro atoms. The van der Waals surface area contributed by atoms with Crippen LogP contribution in [-0.4, -0.2) is 23.5 Å². The second-order valence-corrected chi connectivity index (χ2v) is 5.27. The van der Waals surface area contributed by atoms with Gasteiger partial charge >= 0.3 is 0 Å². The lowest BCUT2D eigenvalue weighted by Crippen LogP contribution is -2.43. The largest absolute Gasteiger partial charge is 0.373 e. The summed E-state index contributed by atoms with van der Waals surface area (Å²) < 4.78 is 0. The quantitative estimate of drug-likeness (QED) is 0.864. The lowest BCUT2D eigenvalue weighted by Gasteiger charge is -2.25. The third-order valence-corrected chi connectivity index (χ3v) is 2.95. The normalized spacial score (nSPS) is 11.2. The van der Waals surface area contributed by atoms with E-state index in [1.54, 1.807) is 19.2 Å². The fourth-order valence-electron chi connectivity index (χ4n) is 1.79. The molecule has 0 aliphatic carbocycles. The van der Waals surface area contributed by atoms with Crippen molar-refractivity contribution in [2.75, 3.05) is 12.4 Å². The Morgan fingerprint density at radius 2 is 2.11 bits per heavy atom. The van der Waals surface area contributed by atoms with Gasteiger partial charge in [-0.05, 0) is 32.4 Å². The summed E-state index contributed by atoms with van der Waals surface area (Å²) in [4.78, 5) is 16.3. The van der Waals surface area contributed by atoms with Crippen LogP contribution in [0.5, 0.6) is 0 Å². The lowest BCUT2D eigenvalue weighted by atomic mass is 9.99. The van der Waals surface area contributed by atoms with Crippen LogP contribution in [0.2, 0.25) is 5.02 Å². The molecule has 0 saturated heterocycles. The molecular formula is C13H20ClN3O. The maximum absolute atomic E-state index is 12.1. The summed E-state index contributed by atoms with van der Waals surface area (Å²) >= 11 is 6.00. The first-order valence-electron chi connectivity index (χ1n) is 6.06. The van der Waals surface area contributed by atoms with E-state index >= 15 is 0 Å². The van der Waals surface area contributed by atoms with Gasteiger partial charge in [-0.2, -0.15) is 0 Å². The molecule has 4 nitrogen and oxygen atoms in total. The Morgan fingerprint density at radius 1 is 1.44 bits per heavy atom. The minimum atomic E-state index is -0.257. The van der Waals surface area contributed by atoms with Crippen LogP contribution < -0.4 is 10.6 Å². The molecular weight excluding hydrogens is 250 g/mol. The van der Waals surface area contributed by atoms with E-state index in [4.69, 9.17) is 11.6 Å². The van der Waals surface area contributed by atoms with E-state index in [0.29, 0.717) is 10.8 Å². The van der Waals surface area contributed by atoms with E-state index in [1.165, 1.54) is 0 Å². The van der Waals surface area contributed by atoms with Crippen LogP contribution in [0, 0.1) is 0 Å². The number of carbonyl (C=O) groups is 1. The van der Waals surface area contributed by atoms with Gasteiger partial charge < -0.3 is 10.6 Å². The van der Waals surface area contributed by atoms with Crippen molar-refractivity contribution >= 4 is 23.3 Å². The number of nitrogens with zero attached hydrogens (tertiary/aromatic N) is 1. The van der Waals surface area contributed by atoms with Crippen molar-refractivity contribution in [3.05, 3.63) is 22.8 Å². The summed E-state index contributed by atoms with van der Waals surface area (Å²) in [6.45, 7) is 6.06. The predicted molar refractivity (Wildman–Crippen MR) is 75.2 cm³/mol. The molecule has 5 heteroatoms. The smallest absolute Gasteiger partial charge is 0.271 e. The monoisotopic (exact) mass is 269 g/mol. The molecule has 0 aromatic carbocycles. The van der Waals surface area contributed by atoms with Gasteiger partial charge in [-0.15, -0.1) is 0 Å². The number of hydrogen-bond donors (Lipinski definition) is 2. The van der Waals surface area contributed by atoms with Gasteiger partial charge in [-0.3, -0.25) is 4.79 Å². The van der Waals surface area contributed by atoms with Gasteiger partial charge in [-0.1, -0.05) is 24.9 Å². The Bertz CT molecular complexity index is 432. The second kappa shape index (κ2) is 6.05. The second-order valence-electron chi connectivity index (χ2n) is 4.86. The minimum absolute atomic E-state index is 0.240. The molecule has 1 aromatic heterocycles. The minimum Gasteiger partial charge on any atom is -0.373 e. The number of aromatic nitrogens is 1. The Morgan fingerprint density at radius 3 is 2.67 bits per heavy atom. The van der Waals surface area contributed by atoms with E-state index in [1.807, 2.05) is 13.8 Å². The van der Waals surface area contributed by atoms with E-state index in [0.717, 1.165) is 12.8 Å². The van der Waals surface area contributed by atoms with Crippen molar-refractivity contribution in [2.24, 2.45) is 0 Å². The summed E-state index contributed by atoms with van der Waals surface area (Å²) in [5.74, 6) is 0.383. The van der Waals surface area contributed by atoms with E-state index < -0.39 is 0 Å². The van der Waals surface area contributed by atoms with Crippen LogP contribution in [0.3, 0.4) is 0 Å². The molecule has 100 valence electrons. The van der Waals surface area contributed by atoms with Crippen LogP contribution in [-0.2, 0) is 0 Å². The van der Waals surface area contributed by atoms with Crippen LogP contribution in [0.15, 0.2) is 12.1 Å². The maximum atomic E-state index is 12.1. The zero-order chi connectivity index (χ0) is 13.8. The van der Waals surface area contributed by atoms with Gasteiger partial charge in [0.05, 0.1) is 5.02 Å². The molecule has 1 amide bonds. The zero-order valence-electron chi connectivity index (χ0n) is 11.3. The van der Waals surface area contributed by atoms with Gasteiger partial charge in [0.25, 0.3) is 5.91 Å². The molecule has 0 fully saturated rings. The molecule has 0 saturated carbocycles. The number of anilines is 1. The van der Waals surface area contributed by atoms with Gasteiger partial charge in [0.1, 0.15) is 11.5 Å². The summed E-state index contributed by atoms with van der Waals surface area (Å²) in [6.07, 6.45) is 1.91.